The fraction of sp³-hybridized carbons (Fsp3) is 0.158. The molecule has 0 aliphatic rings. The number of carbonyl (C=O) groups excluding carboxylic acids is 1. The summed E-state index contributed by atoms with van der Waals surface area (Å²) in [6.07, 6.45) is 0.428. The van der Waals surface area contributed by atoms with E-state index in [0.29, 0.717) is 22.7 Å². The van der Waals surface area contributed by atoms with Crippen LogP contribution in [-0.2, 0) is 0 Å². The molecule has 2 aromatic heterocycles. The lowest BCUT2D eigenvalue weighted by Crippen LogP contribution is -2.29. The zero-order chi connectivity index (χ0) is 17.8. The van der Waals surface area contributed by atoms with E-state index in [0.717, 1.165) is 0 Å². The summed E-state index contributed by atoms with van der Waals surface area (Å²) in [5.74, 6) is -0.277. The van der Waals surface area contributed by atoms with E-state index < -0.39 is 11.9 Å². The van der Waals surface area contributed by atoms with Crippen LogP contribution in [0.25, 0.3) is 11.5 Å². The number of amides is 1. The van der Waals surface area contributed by atoms with Gasteiger partial charge in [-0.15, -0.1) is 0 Å². The lowest BCUT2D eigenvalue weighted by atomic mass is 10.1. The Morgan fingerprint density at radius 3 is 2.72 bits per heavy atom. The average Bonchev–Trinajstić information content (AvgIpc) is 3.14. The second kappa shape index (κ2) is 7.27. The Morgan fingerprint density at radius 1 is 1.24 bits per heavy atom. The van der Waals surface area contributed by atoms with Gasteiger partial charge in [0, 0.05) is 12.1 Å². The average molecular weight is 340 g/mol. The van der Waals surface area contributed by atoms with Crippen molar-refractivity contribution in [2.24, 2.45) is 0 Å². The van der Waals surface area contributed by atoms with Gasteiger partial charge in [0.2, 0.25) is 0 Å². The number of hydrogen-bond donors (Lipinski definition) is 2. The van der Waals surface area contributed by atoms with Gasteiger partial charge in [-0.1, -0.05) is 18.2 Å². The van der Waals surface area contributed by atoms with Gasteiger partial charge in [-0.3, -0.25) is 4.79 Å². The Hall–Kier alpha value is -2.99. The van der Waals surface area contributed by atoms with Gasteiger partial charge in [0.05, 0.1) is 23.6 Å². The molecule has 0 bridgehead atoms. The Bertz CT molecular complexity index is 878. The van der Waals surface area contributed by atoms with Gasteiger partial charge in [0.15, 0.2) is 5.76 Å². The molecule has 0 fully saturated rings. The van der Waals surface area contributed by atoms with Crippen molar-refractivity contribution < 1.29 is 18.7 Å². The first kappa shape index (κ1) is 16.9. The molecule has 2 N–H and O–H groups in total. The normalized spacial score (nSPS) is 12.0. The summed E-state index contributed by atoms with van der Waals surface area (Å²) in [6, 6.07) is 12.8. The lowest BCUT2D eigenvalue weighted by Gasteiger charge is -2.14. The van der Waals surface area contributed by atoms with Gasteiger partial charge >= 0.3 is 0 Å². The van der Waals surface area contributed by atoms with Crippen molar-refractivity contribution in [1.29, 1.82) is 0 Å². The third-order valence-electron chi connectivity index (χ3n) is 3.82. The van der Waals surface area contributed by atoms with Crippen LogP contribution in [0.4, 0.5) is 4.39 Å². The molecule has 1 amide bonds. The number of furan rings is 1. The number of carbonyl (C=O) groups is 1. The van der Waals surface area contributed by atoms with Crippen molar-refractivity contribution in [3.05, 3.63) is 77.4 Å². The first-order chi connectivity index (χ1) is 12.1. The van der Waals surface area contributed by atoms with Crippen LogP contribution in [0, 0.1) is 12.7 Å². The lowest BCUT2D eigenvalue weighted by molar-refractivity contribution is 0.0913. The molecular weight excluding hydrogens is 323 g/mol. The van der Waals surface area contributed by atoms with E-state index in [2.05, 4.69) is 10.3 Å². The Kier molecular flexibility index (Phi) is 4.90. The molecule has 0 saturated carbocycles. The SMILES string of the molecule is Cc1nc(-c2ccco2)ccc1C(=O)NCC(O)c1ccccc1F. The fourth-order valence-electron chi connectivity index (χ4n) is 2.50. The zero-order valence-corrected chi connectivity index (χ0v) is 13.6. The van der Waals surface area contributed by atoms with Crippen LogP contribution in [-0.4, -0.2) is 22.5 Å². The molecular formula is C19H17FN2O3. The van der Waals surface area contributed by atoms with Crippen LogP contribution in [0.3, 0.4) is 0 Å². The number of rotatable bonds is 5. The van der Waals surface area contributed by atoms with Gasteiger partial charge in [-0.25, -0.2) is 9.37 Å². The van der Waals surface area contributed by atoms with E-state index in [1.54, 1.807) is 49.6 Å². The number of aliphatic hydroxyl groups is 1. The summed E-state index contributed by atoms with van der Waals surface area (Å²) >= 11 is 0. The molecule has 0 spiro atoms. The number of nitrogens with zero attached hydrogens (tertiary/aromatic N) is 1. The van der Waals surface area contributed by atoms with Gasteiger partial charge in [-0.2, -0.15) is 0 Å². The molecule has 0 aliphatic heterocycles. The van der Waals surface area contributed by atoms with Crippen LogP contribution in [0.15, 0.2) is 59.2 Å². The highest BCUT2D eigenvalue weighted by atomic mass is 19.1. The van der Waals surface area contributed by atoms with E-state index in [-0.39, 0.29) is 18.0 Å². The highest BCUT2D eigenvalue weighted by Crippen LogP contribution is 2.20. The zero-order valence-electron chi connectivity index (χ0n) is 13.6. The molecule has 1 unspecified atom stereocenters. The molecule has 1 atom stereocenters. The summed E-state index contributed by atoms with van der Waals surface area (Å²) in [6.45, 7) is 1.62. The topological polar surface area (TPSA) is 75.4 Å². The van der Waals surface area contributed by atoms with Gasteiger partial charge in [0.25, 0.3) is 5.91 Å². The highest BCUT2D eigenvalue weighted by Gasteiger charge is 2.16. The molecule has 0 aliphatic carbocycles. The second-order valence-corrected chi connectivity index (χ2v) is 5.55. The molecule has 3 aromatic rings. The van der Waals surface area contributed by atoms with E-state index in [4.69, 9.17) is 4.42 Å². The first-order valence-electron chi connectivity index (χ1n) is 7.78. The number of nitrogens with one attached hydrogen (secondary N) is 1. The molecule has 0 radical (unpaired) electrons. The maximum Gasteiger partial charge on any atom is 0.253 e. The monoisotopic (exact) mass is 340 g/mol. The fourth-order valence-corrected chi connectivity index (χ4v) is 2.50. The smallest absolute Gasteiger partial charge is 0.253 e. The Balaban J connectivity index is 1.68. The van der Waals surface area contributed by atoms with Crippen molar-refractivity contribution in [3.63, 3.8) is 0 Å². The minimum atomic E-state index is -1.12. The minimum Gasteiger partial charge on any atom is -0.463 e. The Morgan fingerprint density at radius 2 is 2.04 bits per heavy atom. The summed E-state index contributed by atoms with van der Waals surface area (Å²) in [7, 11) is 0. The third-order valence-corrected chi connectivity index (χ3v) is 3.82. The summed E-state index contributed by atoms with van der Waals surface area (Å²) in [5, 5.41) is 12.7. The van der Waals surface area contributed by atoms with E-state index >= 15 is 0 Å². The minimum absolute atomic E-state index is 0.0981. The molecule has 6 heteroatoms. The largest absolute Gasteiger partial charge is 0.463 e. The molecule has 25 heavy (non-hydrogen) atoms. The number of halogens is 1. The van der Waals surface area contributed by atoms with Crippen molar-refractivity contribution in [3.8, 4) is 11.5 Å². The van der Waals surface area contributed by atoms with E-state index in [9.17, 15) is 14.3 Å². The highest BCUT2D eigenvalue weighted by molar-refractivity contribution is 5.95. The number of aromatic nitrogens is 1. The molecule has 2 heterocycles. The van der Waals surface area contributed by atoms with Crippen LogP contribution >= 0.6 is 0 Å². The van der Waals surface area contributed by atoms with Crippen molar-refractivity contribution in [2.75, 3.05) is 6.54 Å². The van der Waals surface area contributed by atoms with E-state index in [1.807, 2.05) is 0 Å². The number of aryl methyl sites for hydroxylation is 1. The number of benzene rings is 1. The molecule has 3 rings (SSSR count). The summed E-state index contributed by atoms with van der Waals surface area (Å²) < 4.78 is 18.9. The first-order valence-corrected chi connectivity index (χ1v) is 7.78. The predicted molar refractivity (Wildman–Crippen MR) is 90.4 cm³/mol. The van der Waals surface area contributed by atoms with Gasteiger partial charge < -0.3 is 14.8 Å². The quantitative estimate of drug-likeness (QED) is 0.747. The van der Waals surface area contributed by atoms with Crippen LogP contribution in [0.2, 0.25) is 0 Å². The summed E-state index contributed by atoms with van der Waals surface area (Å²) in [4.78, 5) is 16.7. The molecule has 5 nitrogen and oxygen atoms in total. The van der Waals surface area contributed by atoms with Gasteiger partial charge in [-0.05, 0) is 37.3 Å². The van der Waals surface area contributed by atoms with Crippen LogP contribution < -0.4 is 5.32 Å². The predicted octanol–water partition coefficient (Wildman–Crippen LogP) is 3.25. The maximum atomic E-state index is 13.6. The molecule has 0 saturated heterocycles. The van der Waals surface area contributed by atoms with Crippen LogP contribution in [0.5, 0.6) is 0 Å². The standard InChI is InChI=1S/C19H17FN2O3/c1-12-13(8-9-16(22-12)18-7-4-10-25-18)19(24)21-11-17(23)14-5-2-3-6-15(14)20/h2-10,17,23H,11H2,1H3,(H,21,24). The van der Waals surface area contributed by atoms with Gasteiger partial charge in [0.1, 0.15) is 11.5 Å². The van der Waals surface area contributed by atoms with E-state index in [1.165, 1.54) is 12.1 Å². The van der Waals surface area contributed by atoms with Crippen molar-refractivity contribution >= 4 is 5.91 Å². The van der Waals surface area contributed by atoms with Crippen LogP contribution in [0.1, 0.15) is 27.7 Å². The molecule has 1 aromatic carbocycles. The van der Waals surface area contributed by atoms with Crippen molar-refractivity contribution in [1.82, 2.24) is 10.3 Å². The maximum absolute atomic E-state index is 13.6. The number of aliphatic hydroxyl groups excluding tert-OH is 1. The number of pyridine rings is 1. The summed E-state index contributed by atoms with van der Waals surface area (Å²) in [5.41, 5.74) is 1.69. The number of hydrogen-bond acceptors (Lipinski definition) is 4. The second-order valence-electron chi connectivity index (χ2n) is 5.55. The third kappa shape index (κ3) is 3.75. The Labute approximate surface area is 144 Å². The van der Waals surface area contributed by atoms with Crippen molar-refractivity contribution in [2.45, 2.75) is 13.0 Å². The molecule has 128 valence electrons.